The molecule has 0 spiro atoms. The third-order valence-corrected chi connectivity index (χ3v) is 5.38. The molecular formula is C22H25Cl2FN2O2. The summed E-state index contributed by atoms with van der Waals surface area (Å²) in [5, 5.41) is 3.78. The summed E-state index contributed by atoms with van der Waals surface area (Å²) < 4.78 is 13.2. The van der Waals surface area contributed by atoms with E-state index in [1.54, 1.807) is 37.3 Å². The van der Waals surface area contributed by atoms with Crippen molar-refractivity contribution in [3.8, 4) is 0 Å². The van der Waals surface area contributed by atoms with Crippen molar-refractivity contribution in [2.45, 2.75) is 52.2 Å². The van der Waals surface area contributed by atoms with Gasteiger partial charge in [-0.1, -0.05) is 48.3 Å². The normalized spacial score (nSPS) is 12.9. The molecule has 0 radical (unpaired) electrons. The number of carbonyl (C=O) groups excluding carboxylic acids is 2. The fraction of sp³-hybridized carbons (Fsp3) is 0.364. The van der Waals surface area contributed by atoms with Crippen molar-refractivity contribution < 1.29 is 14.0 Å². The molecule has 0 aliphatic heterocycles. The fourth-order valence-corrected chi connectivity index (χ4v) is 3.24. The second-order valence-corrected chi connectivity index (χ2v) is 7.90. The molecule has 0 fully saturated rings. The summed E-state index contributed by atoms with van der Waals surface area (Å²) in [6, 6.07) is 10.1. The van der Waals surface area contributed by atoms with Crippen LogP contribution in [0.3, 0.4) is 0 Å². The van der Waals surface area contributed by atoms with E-state index in [1.807, 2.05) is 13.8 Å². The van der Waals surface area contributed by atoms with E-state index in [0.717, 1.165) is 12.0 Å². The lowest BCUT2D eigenvalue weighted by molar-refractivity contribution is -0.140. The minimum atomic E-state index is -0.701. The molecule has 0 bridgehead atoms. The lowest BCUT2D eigenvalue weighted by Crippen LogP contribution is -2.49. The Bertz CT molecular complexity index is 858. The van der Waals surface area contributed by atoms with Crippen LogP contribution in [0.2, 0.25) is 10.0 Å². The first-order valence-electron chi connectivity index (χ1n) is 9.49. The van der Waals surface area contributed by atoms with Gasteiger partial charge in [-0.25, -0.2) is 4.39 Å². The molecule has 2 aromatic rings. The van der Waals surface area contributed by atoms with Crippen molar-refractivity contribution in [3.05, 3.63) is 69.5 Å². The van der Waals surface area contributed by atoms with Crippen LogP contribution in [0, 0.1) is 5.82 Å². The monoisotopic (exact) mass is 438 g/mol. The highest BCUT2D eigenvalue weighted by Crippen LogP contribution is 2.22. The second-order valence-electron chi connectivity index (χ2n) is 7.05. The molecule has 2 rings (SSSR count). The van der Waals surface area contributed by atoms with Crippen LogP contribution in [0.25, 0.3) is 0 Å². The van der Waals surface area contributed by atoms with E-state index in [4.69, 9.17) is 23.2 Å². The molecule has 7 heteroatoms. The van der Waals surface area contributed by atoms with E-state index in [9.17, 15) is 14.0 Å². The van der Waals surface area contributed by atoms with Gasteiger partial charge in [-0.15, -0.1) is 0 Å². The van der Waals surface area contributed by atoms with Gasteiger partial charge >= 0.3 is 0 Å². The van der Waals surface area contributed by atoms with Crippen LogP contribution in [0.1, 0.15) is 38.3 Å². The molecular weight excluding hydrogens is 414 g/mol. The Kier molecular flexibility index (Phi) is 8.47. The first-order chi connectivity index (χ1) is 13.7. The molecule has 1 N–H and O–H groups in total. The van der Waals surface area contributed by atoms with Crippen LogP contribution >= 0.6 is 23.2 Å². The number of hydrogen-bond acceptors (Lipinski definition) is 2. The molecule has 0 saturated carbocycles. The van der Waals surface area contributed by atoms with E-state index in [0.29, 0.717) is 15.6 Å². The predicted molar refractivity (Wildman–Crippen MR) is 114 cm³/mol. The van der Waals surface area contributed by atoms with Gasteiger partial charge in [-0.3, -0.25) is 9.59 Å². The lowest BCUT2D eigenvalue weighted by atomic mass is 10.1. The predicted octanol–water partition coefficient (Wildman–Crippen LogP) is 5.01. The van der Waals surface area contributed by atoms with Crippen LogP contribution in [0.4, 0.5) is 4.39 Å². The second kappa shape index (κ2) is 10.6. The summed E-state index contributed by atoms with van der Waals surface area (Å²) in [6.07, 6.45) is 0.808. The number of rotatable bonds is 8. The number of carbonyl (C=O) groups is 2. The van der Waals surface area contributed by atoms with Crippen LogP contribution in [0.15, 0.2) is 42.5 Å². The number of halogens is 3. The molecule has 0 aromatic heterocycles. The van der Waals surface area contributed by atoms with E-state index in [1.165, 1.54) is 17.0 Å². The summed E-state index contributed by atoms with van der Waals surface area (Å²) in [5.41, 5.74) is 1.35. The highest BCUT2D eigenvalue weighted by Gasteiger charge is 2.27. The van der Waals surface area contributed by atoms with Crippen molar-refractivity contribution >= 4 is 35.0 Å². The van der Waals surface area contributed by atoms with Gasteiger partial charge < -0.3 is 10.2 Å². The van der Waals surface area contributed by atoms with Crippen LogP contribution in [-0.2, 0) is 22.6 Å². The standard InChI is InChI=1S/C22H25Cl2FN2O2/c1-4-14(2)26-22(29)15(3)27(13-16-5-9-19(25)10-6-16)21(28)11-17-7-8-18(23)12-20(17)24/h5-10,12,14-15H,4,11,13H2,1-3H3,(H,26,29)/t14-,15+/m0/s1. The minimum absolute atomic E-state index is 0.00145. The first kappa shape index (κ1) is 23.2. The molecule has 2 aromatic carbocycles. The molecule has 156 valence electrons. The van der Waals surface area contributed by atoms with E-state index in [-0.39, 0.29) is 36.6 Å². The summed E-state index contributed by atoms with van der Waals surface area (Å²) >= 11 is 12.1. The Labute approximate surface area is 181 Å². The molecule has 0 unspecified atom stereocenters. The average molecular weight is 439 g/mol. The SMILES string of the molecule is CC[C@H](C)NC(=O)[C@@H](C)N(Cc1ccc(F)cc1)C(=O)Cc1ccc(Cl)cc1Cl. The number of nitrogens with zero attached hydrogens (tertiary/aromatic N) is 1. The Hall–Kier alpha value is -2.11. The number of amides is 2. The van der Waals surface area contributed by atoms with Gasteiger partial charge in [0.2, 0.25) is 11.8 Å². The van der Waals surface area contributed by atoms with Gasteiger partial charge in [-0.2, -0.15) is 0 Å². The molecule has 4 nitrogen and oxygen atoms in total. The number of benzene rings is 2. The van der Waals surface area contributed by atoms with Crippen LogP contribution in [0.5, 0.6) is 0 Å². The maximum Gasteiger partial charge on any atom is 0.242 e. The summed E-state index contributed by atoms with van der Waals surface area (Å²) in [7, 11) is 0. The van der Waals surface area contributed by atoms with E-state index in [2.05, 4.69) is 5.32 Å². The smallest absolute Gasteiger partial charge is 0.242 e. The lowest BCUT2D eigenvalue weighted by Gasteiger charge is -2.30. The zero-order valence-corrected chi connectivity index (χ0v) is 18.2. The molecule has 0 aliphatic rings. The van der Waals surface area contributed by atoms with Gasteiger partial charge in [0.05, 0.1) is 6.42 Å². The Morgan fingerprint density at radius 3 is 2.34 bits per heavy atom. The highest BCUT2D eigenvalue weighted by atomic mass is 35.5. The summed E-state index contributed by atoms with van der Waals surface area (Å²) in [4.78, 5) is 27.2. The average Bonchev–Trinajstić information content (AvgIpc) is 2.68. The Morgan fingerprint density at radius 2 is 1.76 bits per heavy atom. The largest absolute Gasteiger partial charge is 0.352 e. The number of nitrogens with one attached hydrogen (secondary N) is 1. The molecule has 2 atom stereocenters. The maximum atomic E-state index is 13.2. The molecule has 0 heterocycles. The molecule has 0 aliphatic carbocycles. The zero-order chi connectivity index (χ0) is 21.6. The minimum Gasteiger partial charge on any atom is -0.352 e. The molecule has 2 amide bonds. The Balaban J connectivity index is 2.25. The van der Waals surface area contributed by atoms with E-state index >= 15 is 0 Å². The van der Waals surface area contributed by atoms with Crippen LogP contribution in [-0.4, -0.2) is 28.8 Å². The van der Waals surface area contributed by atoms with Crippen molar-refractivity contribution in [3.63, 3.8) is 0 Å². The van der Waals surface area contributed by atoms with Gasteiger partial charge in [-0.05, 0) is 55.7 Å². The third kappa shape index (κ3) is 6.72. The van der Waals surface area contributed by atoms with Gasteiger partial charge in [0.1, 0.15) is 11.9 Å². The molecule has 0 saturated heterocycles. The van der Waals surface area contributed by atoms with E-state index < -0.39 is 6.04 Å². The topological polar surface area (TPSA) is 49.4 Å². The molecule has 29 heavy (non-hydrogen) atoms. The van der Waals surface area contributed by atoms with Crippen LogP contribution < -0.4 is 5.32 Å². The Morgan fingerprint density at radius 1 is 1.10 bits per heavy atom. The fourth-order valence-electron chi connectivity index (χ4n) is 2.76. The van der Waals surface area contributed by atoms with Crippen molar-refractivity contribution in [2.75, 3.05) is 0 Å². The first-order valence-corrected chi connectivity index (χ1v) is 10.2. The number of hydrogen-bond donors (Lipinski definition) is 1. The van der Waals surface area contributed by atoms with Crippen molar-refractivity contribution in [2.24, 2.45) is 0 Å². The third-order valence-electron chi connectivity index (χ3n) is 4.79. The zero-order valence-electron chi connectivity index (χ0n) is 16.7. The van der Waals surface area contributed by atoms with Crippen molar-refractivity contribution in [1.29, 1.82) is 0 Å². The quantitative estimate of drug-likeness (QED) is 0.629. The van der Waals surface area contributed by atoms with Gasteiger partial charge in [0.25, 0.3) is 0 Å². The summed E-state index contributed by atoms with van der Waals surface area (Å²) in [5.74, 6) is -0.857. The van der Waals surface area contributed by atoms with Gasteiger partial charge in [0, 0.05) is 22.6 Å². The van der Waals surface area contributed by atoms with Crippen molar-refractivity contribution in [1.82, 2.24) is 10.2 Å². The van der Waals surface area contributed by atoms with Gasteiger partial charge in [0.15, 0.2) is 0 Å². The summed E-state index contributed by atoms with van der Waals surface area (Å²) in [6.45, 7) is 5.74. The highest BCUT2D eigenvalue weighted by molar-refractivity contribution is 6.35. The maximum absolute atomic E-state index is 13.2.